The Balaban J connectivity index is 2.24. The van der Waals surface area contributed by atoms with Gasteiger partial charge in [-0.2, -0.15) is 0 Å². The lowest BCUT2D eigenvalue weighted by molar-refractivity contribution is -0.359. The Morgan fingerprint density at radius 3 is 2.62 bits per heavy atom. The molecule has 2 rings (SSSR count). The van der Waals surface area contributed by atoms with E-state index in [1.165, 1.54) is 0 Å². The van der Waals surface area contributed by atoms with Gasteiger partial charge in [-0.05, 0) is 23.8 Å². The van der Waals surface area contributed by atoms with Gasteiger partial charge in [-0.3, -0.25) is 0 Å². The summed E-state index contributed by atoms with van der Waals surface area (Å²) in [5, 5.41) is 16.1. The minimum absolute atomic E-state index is 0.116. The molecule has 0 saturated heterocycles. The van der Waals surface area contributed by atoms with Gasteiger partial charge >= 0.3 is 5.84 Å². The molecule has 1 aromatic carbocycles. The Labute approximate surface area is 91.8 Å². The average molecular weight is 216 g/mol. The van der Waals surface area contributed by atoms with Crippen LogP contribution in [0.1, 0.15) is 5.56 Å². The topological polar surface area (TPSA) is 76.5 Å². The van der Waals surface area contributed by atoms with Crippen molar-refractivity contribution in [3.05, 3.63) is 40.4 Å². The number of nitrogens with one attached hydrogen (secondary N) is 1. The lowest BCUT2D eigenvalue weighted by atomic mass is 10.2. The molecule has 1 aromatic rings. The molecule has 1 heterocycles. The highest BCUT2D eigenvalue weighted by Crippen LogP contribution is 2.15. The van der Waals surface area contributed by atoms with E-state index in [2.05, 4.69) is 4.99 Å². The van der Waals surface area contributed by atoms with E-state index < -0.39 is 0 Å². The molecule has 1 aliphatic rings. The first kappa shape index (κ1) is 10.2. The van der Waals surface area contributed by atoms with Gasteiger partial charge in [0.1, 0.15) is 12.0 Å². The zero-order chi connectivity index (χ0) is 11.5. The number of aromatic hydroxyl groups is 1. The summed E-state index contributed by atoms with van der Waals surface area (Å²) < 4.78 is 0.639. The van der Waals surface area contributed by atoms with Crippen LogP contribution in [-0.2, 0) is 0 Å². The van der Waals surface area contributed by atoms with Crippen molar-refractivity contribution in [1.29, 1.82) is 5.41 Å². The summed E-state index contributed by atoms with van der Waals surface area (Å²) in [4.78, 5) is 15.4. The van der Waals surface area contributed by atoms with Gasteiger partial charge in [0.25, 0.3) is 0 Å². The van der Waals surface area contributed by atoms with Crippen LogP contribution in [0, 0.1) is 10.3 Å². The van der Waals surface area contributed by atoms with Gasteiger partial charge in [-0.1, -0.05) is 22.0 Å². The standard InChI is InChI=1S/C11H9N3O2/c12-6-11-13-7-9(14(11)16)5-8-1-3-10(15)4-2-8/h1-6,12H,7H2/p+1. The highest BCUT2D eigenvalue weighted by Gasteiger charge is 2.29. The largest absolute Gasteiger partial charge is 0.508 e. The van der Waals surface area contributed by atoms with Crippen molar-refractivity contribution in [2.24, 2.45) is 4.99 Å². The lowest BCUT2D eigenvalue weighted by Crippen LogP contribution is -2.12. The molecular weight excluding hydrogens is 206 g/mol. The molecule has 0 fully saturated rings. The van der Waals surface area contributed by atoms with E-state index in [1.807, 2.05) is 0 Å². The smallest absolute Gasteiger partial charge is 0.379 e. The van der Waals surface area contributed by atoms with E-state index in [1.54, 1.807) is 30.3 Å². The number of rotatable bonds is 2. The van der Waals surface area contributed by atoms with E-state index in [9.17, 15) is 4.91 Å². The van der Waals surface area contributed by atoms with Crippen LogP contribution in [-0.4, -0.2) is 28.5 Å². The molecule has 16 heavy (non-hydrogen) atoms. The first-order valence-electron chi connectivity index (χ1n) is 4.72. The predicted molar refractivity (Wildman–Crippen MR) is 60.8 cm³/mol. The number of phenolic OH excluding ortho intramolecular Hbond substituents is 1. The second kappa shape index (κ2) is 4.06. The summed E-state index contributed by atoms with van der Waals surface area (Å²) in [6, 6.07) is 6.51. The summed E-state index contributed by atoms with van der Waals surface area (Å²) in [5.41, 5.74) is 1.30. The Morgan fingerprint density at radius 1 is 1.38 bits per heavy atom. The minimum Gasteiger partial charge on any atom is -0.508 e. The molecule has 0 saturated carbocycles. The third kappa shape index (κ3) is 1.88. The number of amidine groups is 1. The molecule has 0 amide bonds. The average Bonchev–Trinajstić information content (AvgIpc) is 2.63. The van der Waals surface area contributed by atoms with Gasteiger partial charge in [0, 0.05) is 4.76 Å². The van der Waals surface area contributed by atoms with Crippen LogP contribution < -0.4 is 0 Å². The molecule has 0 bridgehead atoms. The van der Waals surface area contributed by atoms with Crippen LogP contribution in [0.4, 0.5) is 0 Å². The summed E-state index contributed by atoms with van der Waals surface area (Å²) in [6.07, 6.45) is 2.62. The number of hydrogen-bond acceptors (Lipinski definition) is 4. The molecule has 0 aliphatic carbocycles. The summed E-state index contributed by atoms with van der Waals surface area (Å²) >= 11 is 0. The maximum Gasteiger partial charge on any atom is 0.379 e. The normalized spacial score (nSPS) is 17.6. The molecule has 1 aliphatic heterocycles. The monoisotopic (exact) mass is 216 g/mol. The lowest BCUT2D eigenvalue weighted by Gasteiger charge is -1.94. The van der Waals surface area contributed by atoms with Crippen molar-refractivity contribution < 1.29 is 9.87 Å². The summed E-state index contributed by atoms with van der Waals surface area (Å²) in [6.45, 7) is 0.287. The second-order valence-corrected chi connectivity index (χ2v) is 3.34. The summed E-state index contributed by atoms with van der Waals surface area (Å²) in [5.74, 6) is 0.300. The maximum absolute atomic E-state index is 11.5. The third-order valence-electron chi connectivity index (χ3n) is 2.23. The van der Waals surface area contributed by atoms with E-state index >= 15 is 0 Å². The third-order valence-corrected chi connectivity index (χ3v) is 2.23. The fraction of sp³-hybridized carbons (Fsp3) is 0.0909. The SMILES string of the molecule is N=CC1=NCC(=Cc2ccc(O)cc2)[N+]1=O. The minimum atomic E-state index is 0.116. The van der Waals surface area contributed by atoms with Gasteiger partial charge in [0.15, 0.2) is 6.54 Å². The molecule has 0 atom stereocenters. The molecule has 0 radical (unpaired) electrons. The molecule has 0 aromatic heterocycles. The van der Waals surface area contributed by atoms with Crippen molar-refractivity contribution in [3.8, 4) is 5.75 Å². The zero-order valence-corrected chi connectivity index (χ0v) is 8.42. The number of benzene rings is 1. The number of nitrogens with zero attached hydrogens (tertiary/aromatic N) is 2. The van der Waals surface area contributed by atoms with Crippen molar-refractivity contribution in [3.63, 3.8) is 0 Å². The van der Waals surface area contributed by atoms with E-state index in [4.69, 9.17) is 10.5 Å². The number of hydrogen-bond donors (Lipinski definition) is 2. The van der Waals surface area contributed by atoms with Crippen LogP contribution in [0.5, 0.6) is 5.75 Å². The maximum atomic E-state index is 11.5. The first-order valence-corrected chi connectivity index (χ1v) is 4.72. The Morgan fingerprint density at radius 2 is 2.06 bits per heavy atom. The second-order valence-electron chi connectivity index (χ2n) is 3.34. The van der Waals surface area contributed by atoms with Crippen LogP contribution in [0.3, 0.4) is 0 Å². The van der Waals surface area contributed by atoms with Crippen molar-refractivity contribution in [1.82, 2.24) is 0 Å². The van der Waals surface area contributed by atoms with Crippen LogP contribution in [0.15, 0.2) is 35.0 Å². The molecule has 5 nitrogen and oxygen atoms in total. The van der Waals surface area contributed by atoms with E-state index in [0.717, 1.165) is 11.8 Å². The molecular formula is C11H10N3O2+. The van der Waals surface area contributed by atoms with Gasteiger partial charge in [0.05, 0.1) is 0 Å². The molecule has 0 unspecified atom stereocenters. The van der Waals surface area contributed by atoms with Gasteiger partial charge in [-0.15, -0.1) is 0 Å². The first-order chi connectivity index (χ1) is 7.70. The molecule has 0 spiro atoms. The fourth-order valence-corrected chi connectivity index (χ4v) is 1.41. The molecule has 5 heteroatoms. The highest BCUT2D eigenvalue weighted by atomic mass is 16.3. The quantitative estimate of drug-likeness (QED) is 0.581. The van der Waals surface area contributed by atoms with Crippen molar-refractivity contribution in [2.75, 3.05) is 6.54 Å². The van der Waals surface area contributed by atoms with Crippen molar-refractivity contribution >= 4 is 18.1 Å². The van der Waals surface area contributed by atoms with E-state index in [0.29, 0.717) is 10.5 Å². The van der Waals surface area contributed by atoms with Crippen molar-refractivity contribution in [2.45, 2.75) is 0 Å². The Bertz CT molecular complexity index is 500. The Kier molecular flexibility index (Phi) is 2.59. The zero-order valence-electron chi connectivity index (χ0n) is 8.42. The summed E-state index contributed by atoms with van der Waals surface area (Å²) in [7, 11) is 0. The molecule has 80 valence electrons. The van der Waals surface area contributed by atoms with Gasteiger partial charge < -0.3 is 10.5 Å². The fourth-order valence-electron chi connectivity index (χ4n) is 1.41. The Hall–Kier alpha value is -2.30. The van der Waals surface area contributed by atoms with E-state index in [-0.39, 0.29) is 18.1 Å². The van der Waals surface area contributed by atoms with Gasteiger partial charge in [-0.25, -0.2) is 0 Å². The predicted octanol–water partition coefficient (Wildman–Crippen LogP) is 1.57. The van der Waals surface area contributed by atoms with Crippen LogP contribution >= 0.6 is 0 Å². The highest BCUT2D eigenvalue weighted by molar-refractivity contribution is 6.24. The van der Waals surface area contributed by atoms with Gasteiger partial charge in [0.2, 0.25) is 5.70 Å². The number of phenols is 1. The van der Waals surface area contributed by atoms with Crippen LogP contribution in [0.2, 0.25) is 0 Å². The number of aliphatic imine (C=N–C) groups is 1. The number of nitroso groups, excluding NO2 is 1. The van der Waals surface area contributed by atoms with Crippen LogP contribution in [0.25, 0.3) is 6.08 Å². The molecule has 2 N–H and O–H groups in total.